The molecular formula is C12H22N2O2. The normalized spacial score (nSPS) is 26.1. The molecule has 2 saturated carbocycles. The average molecular weight is 226 g/mol. The average Bonchev–Trinajstić information content (AvgIpc) is 3.06. The van der Waals surface area contributed by atoms with Crippen molar-refractivity contribution in [3.8, 4) is 0 Å². The quantitative estimate of drug-likeness (QED) is 0.654. The van der Waals surface area contributed by atoms with Gasteiger partial charge in [0.25, 0.3) is 0 Å². The molecule has 4 nitrogen and oxygen atoms in total. The van der Waals surface area contributed by atoms with Crippen molar-refractivity contribution in [2.75, 3.05) is 6.54 Å². The van der Waals surface area contributed by atoms with Crippen LogP contribution in [0.25, 0.3) is 0 Å². The van der Waals surface area contributed by atoms with E-state index in [1.807, 2.05) is 0 Å². The van der Waals surface area contributed by atoms with Crippen LogP contribution in [0.5, 0.6) is 0 Å². The van der Waals surface area contributed by atoms with E-state index in [4.69, 9.17) is 5.73 Å². The number of nitrogens with one attached hydrogen (secondary N) is 1. The summed E-state index contributed by atoms with van der Waals surface area (Å²) in [5, 5.41) is 12.7. The molecule has 0 aromatic rings. The van der Waals surface area contributed by atoms with Gasteiger partial charge in [0, 0.05) is 6.54 Å². The highest BCUT2D eigenvalue weighted by molar-refractivity contribution is 5.88. The van der Waals surface area contributed by atoms with Gasteiger partial charge in [-0.15, -0.1) is 0 Å². The summed E-state index contributed by atoms with van der Waals surface area (Å²) in [6, 6.07) is 0. The summed E-state index contributed by atoms with van der Waals surface area (Å²) in [4.78, 5) is 11.6. The van der Waals surface area contributed by atoms with E-state index in [0.717, 1.165) is 25.7 Å². The Kier molecular flexibility index (Phi) is 3.50. The van der Waals surface area contributed by atoms with E-state index in [-0.39, 0.29) is 5.91 Å². The van der Waals surface area contributed by atoms with E-state index in [0.29, 0.717) is 12.5 Å². The molecule has 0 aromatic carbocycles. The zero-order valence-corrected chi connectivity index (χ0v) is 9.74. The summed E-state index contributed by atoms with van der Waals surface area (Å²) in [5.41, 5.74) is 5.14. The van der Waals surface area contributed by atoms with Crippen molar-refractivity contribution < 1.29 is 9.90 Å². The summed E-state index contributed by atoms with van der Waals surface area (Å²) >= 11 is 0. The lowest BCUT2D eigenvalue weighted by Gasteiger charge is -2.27. The van der Waals surface area contributed by atoms with Crippen LogP contribution in [0.4, 0.5) is 0 Å². The Morgan fingerprint density at radius 2 is 2.00 bits per heavy atom. The Morgan fingerprint density at radius 1 is 1.38 bits per heavy atom. The fraction of sp³-hybridized carbons (Fsp3) is 0.917. The number of hydrogen-bond acceptors (Lipinski definition) is 3. The molecule has 0 aromatic heterocycles. The standard InChI is InChI=1S/C12H22N2O2/c13-12(6-7-12)11(16)14-8-10(15)9-4-2-1-3-5-9/h9-10,15H,1-8,13H2,(H,14,16). The summed E-state index contributed by atoms with van der Waals surface area (Å²) in [5.74, 6) is 0.268. The van der Waals surface area contributed by atoms with Gasteiger partial charge in [0.15, 0.2) is 0 Å². The van der Waals surface area contributed by atoms with Crippen LogP contribution in [0.3, 0.4) is 0 Å². The molecule has 2 aliphatic carbocycles. The highest BCUT2D eigenvalue weighted by atomic mass is 16.3. The fourth-order valence-electron chi connectivity index (χ4n) is 2.42. The Balaban J connectivity index is 1.70. The number of carbonyl (C=O) groups excluding carboxylic acids is 1. The van der Waals surface area contributed by atoms with Crippen LogP contribution in [0, 0.1) is 5.92 Å². The molecule has 92 valence electrons. The number of nitrogens with two attached hydrogens (primary N) is 1. The Hall–Kier alpha value is -0.610. The van der Waals surface area contributed by atoms with Crippen molar-refractivity contribution in [3.63, 3.8) is 0 Å². The summed E-state index contributed by atoms with van der Waals surface area (Å²) in [6.07, 6.45) is 7.02. The molecule has 0 heterocycles. The lowest BCUT2D eigenvalue weighted by molar-refractivity contribution is -0.123. The zero-order valence-electron chi connectivity index (χ0n) is 9.74. The van der Waals surface area contributed by atoms with Crippen LogP contribution < -0.4 is 11.1 Å². The van der Waals surface area contributed by atoms with Gasteiger partial charge >= 0.3 is 0 Å². The molecular weight excluding hydrogens is 204 g/mol. The molecule has 1 unspecified atom stereocenters. The SMILES string of the molecule is NC1(C(=O)NCC(O)C2CCCCC2)CC1. The first kappa shape index (κ1) is 11.9. The van der Waals surface area contributed by atoms with Gasteiger partial charge in [0.2, 0.25) is 5.91 Å². The van der Waals surface area contributed by atoms with E-state index in [1.165, 1.54) is 19.3 Å². The van der Waals surface area contributed by atoms with Crippen LogP contribution >= 0.6 is 0 Å². The largest absolute Gasteiger partial charge is 0.391 e. The van der Waals surface area contributed by atoms with Gasteiger partial charge in [0.05, 0.1) is 11.6 Å². The molecule has 0 bridgehead atoms. The maximum absolute atomic E-state index is 11.6. The summed E-state index contributed by atoms with van der Waals surface area (Å²) < 4.78 is 0. The number of carbonyl (C=O) groups is 1. The third-order valence-electron chi connectivity index (χ3n) is 3.91. The molecule has 0 radical (unpaired) electrons. The maximum Gasteiger partial charge on any atom is 0.240 e. The Labute approximate surface area is 96.6 Å². The Bertz CT molecular complexity index is 258. The fourth-order valence-corrected chi connectivity index (χ4v) is 2.42. The lowest BCUT2D eigenvalue weighted by atomic mass is 9.85. The van der Waals surface area contributed by atoms with Crippen LogP contribution in [0.2, 0.25) is 0 Å². The molecule has 16 heavy (non-hydrogen) atoms. The molecule has 2 rings (SSSR count). The minimum absolute atomic E-state index is 0.0950. The smallest absolute Gasteiger partial charge is 0.240 e. The number of hydrogen-bond donors (Lipinski definition) is 3. The van der Waals surface area contributed by atoms with Crippen LogP contribution in [0.15, 0.2) is 0 Å². The molecule has 1 atom stereocenters. The maximum atomic E-state index is 11.6. The minimum atomic E-state index is -0.619. The predicted molar refractivity (Wildman–Crippen MR) is 61.7 cm³/mol. The summed E-state index contributed by atoms with van der Waals surface area (Å²) in [6.45, 7) is 0.364. The van der Waals surface area contributed by atoms with Crippen molar-refractivity contribution in [1.29, 1.82) is 0 Å². The third kappa shape index (κ3) is 2.74. The Morgan fingerprint density at radius 3 is 2.56 bits per heavy atom. The second-order valence-electron chi connectivity index (χ2n) is 5.33. The molecule has 0 spiro atoms. The van der Waals surface area contributed by atoms with E-state index in [1.54, 1.807) is 0 Å². The predicted octanol–water partition coefficient (Wildman–Crippen LogP) is 0.535. The van der Waals surface area contributed by atoms with Crippen LogP contribution in [-0.4, -0.2) is 29.2 Å². The van der Waals surface area contributed by atoms with Gasteiger partial charge in [-0.1, -0.05) is 19.3 Å². The molecule has 4 N–H and O–H groups in total. The van der Waals surface area contributed by atoms with Crippen molar-refractivity contribution >= 4 is 5.91 Å². The molecule has 0 aliphatic heterocycles. The monoisotopic (exact) mass is 226 g/mol. The highest BCUT2D eigenvalue weighted by Crippen LogP contribution is 2.32. The van der Waals surface area contributed by atoms with Gasteiger partial charge in [-0.2, -0.15) is 0 Å². The van der Waals surface area contributed by atoms with Crippen LogP contribution in [-0.2, 0) is 4.79 Å². The van der Waals surface area contributed by atoms with Gasteiger partial charge in [-0.05, 0) is 31.6 Å². The number of aliphatic hydroxyl groups excluding tert-OH is 1. The van der Waals surface area contributed by atoms with E-state index in [9.17, 15) is 9.90 Å². The molecule has 2 aliphatic rings. The number of amides is 1. The zero-order chi connectivity index (χ0) is 11.6. The van der Waals surface area contributed by atoms with Gasteiger partial charge in [0.1, 0.15) is 0 Å². The second-order valence-corrected chi connectivity index (χ2v) is 5.33. The van der Waals surface area contributed by atoms with E-state index < -0.39 is 11.6 Å². The molecule has 2 fully saturated rings. The first-order valence-electron chi connectivity index (χ1n) is 6.37. The van der Waals surface area contributed by atoms with E-state index in [2.05, 4.69) is 5.32 Å². The summed E-state index contributed by atoms with van der Waals surface area (Å²) in [7, 11) is 0. The highest BCUT2D eigenvalue weighted by Gasteiger charge is 2.45. The lowest BCUT2D eigenvalue weighted by Crippen LogP contribution is -2.46. The van der Waals surface area contributed by atoms with Gasteiger partial charge in [-0.25, -0.2) is 0 Å². The third-order valence-corrected chi connectivity index (χ3v) is 3.91. The van der Waals surface area contributed by atoms with Crippen LogP contribution in [0.1, 0.15) is 44.9 Å². The van der Waals surface area contributed by atoms with Gasteiger partial charge in [-0.3, -0.25) is 4.79 Å². The molecule has 0 saturated heterocycles. The van der Waals surface area contributed by atoms with Crippen molar-refractivity contribution in [3.05, 3.63) is 0 Å². The first-order chi connectivity index (χ1) is 7.62. The first-order valence-corrected chi connectivity index (χ1v) is 6.37. The van der Waals surface area contributed by atoms with Crippen molar-refractivity contribution in [2.24, 2.45) is 11.7 Å². The van der Waals surface area contributed by atoms with Crippen molar-refractivity contribution in [1.82, 2.24) is 5.32 Å². The second kappa shape index (κ2) is 4.72. The molecule has 1 amide bonds. The molecule has 4 heteroatoms. The van der Waals surface area contributed by atoms with Gasteiger partial charge < -0.3 is 16.2 Å². The number of rotatable bonds is 4. The minimum Gasteiger partial charge on any atom is -0.391 e. The topological polar surface area (TPSA) is 75.4 Å². The number of aliphatic hydroxyl groups is 1. The van der Waals surface area contributed by atoms with Crippen molar-refractivity contribution in [2.45, 2.75) is 56.6 Å². The van der Waals surface area contributed by atoms with E-state index >= 15 is 0 Å².